The van der Waals surface area contributed by atoms with Gasteiger partial charge in [0.25, 0.3) is 0 Å². The highest BCUT2D eigenvalue weighted by atomic mass is 19.1. The topological polar surface area (TPSA) is 62.8 Å². The van der Waals surface area contributed by atoms with Gasteiger partial charge in [-0.15, -0.1) is 0 Å². The quantitative estimate of drug-likeness (QED) is 0.101. The lowest BCUT2D eigenvalue weighted by Crippen LogP contribution is -2.14. The third-order valence-electron chi connectivity index (χ3n) is 13.5. The maximum Gasteiger partial charge on any atom is 0.195 e. The summed E-state index contributed by atoms with van der Waals surface area (Å²) in [5, 5.41) is 23.6. The van der Waals surface area contributed by atoms with E-state index in [0.29, 0.717) is 43.4 Å². The molecule has 0 saturated carbocycles. The molecule has 12 aromatic carbocycles. The SMILES string of the molecule is [2H]c1c([2H])c([2H])c(N(c2ccc(-c3ccccc3C#N)c(-c3ccccc3C#N)c2F)c2ccc3ccc4c(N(c5ccc(-c6ccccc6[N+]#[C-])c(-c6ccccc6[N+]#[C-])c5F)c5c([2H])c([2H])c([2H])c([2H])c5[2H])ccc5ccc2c3c54)c([2H])c1[2H]. The van der Waals surface area contributed by atoms with Gasteiger partial charge in [0, 0.05) is 44.4 Å². The molecule has 0 saturated heterocycles. The van der Waals surface area contributed by atoms with E-state index in [2.05, 4.69) is 21.8 Å². The van der Waals surface area contributed by atoms with Crippen LogP contribution in [0, 0.1) is 47.4 Å². The number of rotatable bonds is 10. The Morgan fingerprint density at radius 3 is 1.28 bits per heavy atom. The molecule has 12 aromatic rings. The number of para-hydroxylation sites is 4. The van der Waals surface area contributed by atoms with Gasteiger partial charge in [0.05, 0.1) is 72.9 Å². The summed E-state index contributed by atoms with van der Waals surface area (Å²) in [6.07, 6.45) is 0. The first-order valence-corrected chi connectivity index (χ1v) is 23.6. The van der Waals surface area contributed by atoms with Gasteiger partial charge in [-0.3, -0.25) is 0 Å². The lowest BCUT2D eigenvalue weighted by molar-refractivity contribution is 0.632. The Kier molecular flexibility index (Phi) is 9.15. The number of hydrogen-bond donors (Lipinski definition) is 0. The Balaban J connectivity index is 1.19. The molecular weight excluding hydrogens is 939 g/mol. The molecule has 0 aliphatic heterocycles. The van der Waals surface area contributed by atoms with Gasteiger partial charge in [0.2, 0.25) is 0 Å². The average molecular weight is 987 g/mol. The first-order valence-electron chi connectivity index (χ1n) is 28.6. The monoisotopic (exact) mass is 986 g/mol. The maximum atomic E-state index is 18.8. The third-order valence-corrected chi connectivity index (χ3v) is 13.5. The van der Waals surface area contributed by atoms with Crippen molar-refractivity contribution in [2.24, 2.45) is 0 Å². The Morgan fingerprint density at radius 1 is 0.395 bits per heavy atom. The molecule has 0 aliphatic carbocycles. The van der Waals surface area contributed by atoms with Gasteiger partial charge in [-0.2, -0.15) is 10.5 Å². The average Bonchev–Trinajstić information content (AvgIpc) is 0.767. The molecule has 8 heteroatoms. The minimum Gasteiger partial charge on any atom is -0.307 e. The van der Waals surface area contributed by atoms with Crippen molar-refractivity contribution in [1.82, 2.24) is 0 Å². The van der Waals surface area contributed by atoms with Crippen molar-refractivity contribution in [3.8, 4) is 56.6 Å². The van der Waals surface area contributed by atoms with Crippen LogP contribution in [0.5, 0.6) is 0 Å². The molecule has 0 radical (unpaired) electrons. The second kappa shape index (κ2) is 19.3. The Labute approximate surface area is 451 Å². The van der Waals surface area contributed by atoms with Crippen molar-refractivity contribution >= 4 is 77.8 Å². The molecule has 0 aliphatic rings. The molecule has 0 heterocycles. The van der Waals surface area contributed by atoms with E-state index in [1.54, 1.807) is 146 Å². The Morgan fingerprint density at radius 2 is 0.776 bits per heavy atom. The predicted octanol–water partition coefficient (Wildman–Crippen LogP) is 19.3. The summed E-state index contributed by atoms with van der Waals surface area (Å²) < 4.78 is 128. The second-order valence-corrected chi connectivity index (χ2v) is 17.4. The van der Waals surface area contributed by atoms with Crippen molar-refractivity contribution in [3.63, 3.8) is 0 Å². The number of nitrogens with zero attached hydrogens (tertiary/aromatic N) is 6. The lowest BCUT2D eigenvalue weighted by Gasteiger charge is -2.30. The van der Waals surface area contributed by atoms with Crippen LogP contribution in [-0.2, 0) is 0 Å². The highest BCUT2D eigenvalue weighted by Crippen LogP contribution is 2.52. The molecule has 0 N–H and O–H groups in total. The standard InChI is InChI=1S/C68H38F2N6/c1-73-57-27-15-13-25-51(57)53-36-40-62(68(70)66(53)54-26-14-16-28-58(54)74-2)76(48-21-7-4-8-22-48)60-38-32-44-29-33-55-59(37-31-43-30-34-56(60)64(44)63(43)55)75(47-19-5-3-6-20-47)61-39-35-52(49-23-11-9-17-45(49)41-71)65(67(61)69)50-24-12-10-18-46(50)42-72/h3-40H/i3D,4D,5D,6D,7D,8D,19D,20D,21D,22D. The number of hydrogen-bond acceptors (Lipinski definition) is 4. The molecule has 0 amide bonds. The smallest absolute Gasteiger partial charge is 0.195 e. The first kappa shape index (κ1) is 36.1. The highest BCUT2D eigenvalue weighted by molar-refractivity contribution is 6.28. The largest absolute Gasteiger partial charge is 0.307 e. The molecule has 6 nitrogen and oxygen atoms in total. The van der Waals surface area contributed by atoms with Crippen LogP contribution >= 0.6 is 0 Å². The number of benzene rings is 12. The Bertz CT molecular complexity index is 4710. The summed E-state index contributed by atoms with van der Waals surface area (Å²) in [6, 6.07) is 42.7. The lowest BCUT2D eigenvalue weighted by atomic mass is 9.88. The van der Waals surface area contributed by atoms with Gasteiger partial charge < -0.3 is 9.80 Å². The van der Waals surface area contributed by atoms with Gasteiger partial charge in [-0.05, 0) is 104 Å². The summed E-state index contributed by atoms with van der Waals surface area (Å²) in [5.41, 5.74) is 0.519. The van der Waals surface area contributed by atoms with Crippen LogP contribution in [0.1, 0.15) is 24.8 Å². The van der Waals surface area contributed by atoms with Crippen LogP contribution < -0.4 is 9.80 Å². The number of halogens is 2. The van der Waals surface area contributed by atoms with Gasteiger partial charge in [0.15, 0.2) is 23.0 Å². The minimum atomic E-state index is -0.976. The van der Waals surface area contributed by atoms with Gasteiger partial charge in [-0.25, -0.2) is 18.5 Å². The molecule has 76 heavy (non-hydrogen) atoms. The van der Waals surface area contributed by atoms with Crippen LogP contribution in [-0.4, -0.2) is 0 Å². The normalized spacial score (nSPS) is 12.8. The van der Waals surface area contributed by atoms with Crippen LogP contribution in [0.25, 0.3) is 86.5 Å². The molecule has 0 spiro atoms. The van der Waals surface area contributed by atoms with Crippen LogP contribution in [0.2, 0.25) is 0 Å². The summed E-state index contributed by atoms with van der Waals surface area (Å²) in [4.78, 5) is 9.92. The van der Waals surface area contributed by atoms with Crippen molar-refractivity contribution < 1.29 is 22.5 Å². The minimum absolute atomic E-state index is 0.0685. The summed E-state index contributed by atoms with van der Waals surface area (Å²) >= 11 is 0. The molecule has 12 rings (SSSR count). The van der Waals surface area contributed by atoms with E-state index >= 15 is 8.78 Å². The molecule has 0 atom stereocenters. The van der Waals surface area contributed by atoms with Gasteiger partial charge in [0.1, 0.15) is 0 Å². The van der Waals surface area contributed by atoms with E-state index in [9.17, 15) is 16.0 Å². The summed E-state index contributed by atoms with van der Waals surface area (Å²) in [5.74, 6) is -1.94. The van der Waals surface area contributed by atoms with E-state index in [4.69, 9.17) is 21.4 Å². The van der Waals surface area contributed by atoms with Crippen molar-refractivity contribution in [2.45, 2.75) is 0 Å². The fraction of sp³-hybridized carbons (Fsp3) is 0. The maximum absolute atomic E-state index is 18.8. The van der Waals surface area contributed by atoms with E-state index < -0.39 is 83.4 Å². The van der Waals surface area contributed by atoms with Crippen molar-refractivity contribution in [3.05, 3.63) is 276 Å². The first-order chi connectivity index (χ1) is 41.6. The zero-order valence-corrected chi connectivity index (χ0v) is 39.6. The van der Waals surface area contributed by atoms with Gasteiger partial charge >= 0.3 is 0 Å². The van der Waals surface area contributed by atoms with Crippen molar-refractivity contribution in [2.75, 3.05) is 9.80 Å². The van der Waals surface area contributed by atoms with Crippen LogP contribution in [0.3, 0.4) is 0 Å². The van der Waals surface area contributed by atoms with Crippen LogP contribution in [0.15, 0.2) is 230 Å². The Hall–Kier alpha value is -10.9. The summed E-state index contributed by atoms with van der Waals surface area (Å²) in [7, 11) is 0. The van der Waals surface area contributed by atoms with Gasteiger partial charge in [-0.1, -0.05) is 170 Å². The fourth-order valence-electron chi connectivity index (χ4n) is 10.3. The van der Waals surface area contributed by atoms with Crippen LogP contribution in [0.4, 0.5) is 54.3 Å². The highest BCUT2D eigenvalue weighted by Gasteiger charge is 2.29. The molecular formula is C68H38F2N6. The zero-order chi connectivity index (χ0) is 60.6. The molecule has 0 bridgehead atoms. The third kappa shape index (κ3) is 7.59. The molecule has 0 aromatic heterocycles. The molecule has 0 fully saturated rings. The van der Waals surface area contributed by atoms with E-state index in [1.807, 2.05) is 0 Å². The van der Waals surface area contributed by atoms with E-state index in [-0.39, 0.29) is 78.6 Å². The predicted molar refractivity (Wildman–Crippen MR) is 303 cm³/mol. The summed E-state index contributed by atoms with van der Waals surface area (Å²) in [6.45, 7) is 16.2. The van der Waals surface area contributed by atoms with E-state index in [1.165, 1.54) is 34.1 Å². The number of anilines is 6. The van der Waals surface area contributed by atoms with Crippen molar-refractivity contribution in [1.29, 1.82) is 10.5 Å². The fourth-order valence-corrected chi connectivity index (χ4v) is 10.3. The zero-order valence-electron chi connectivity index (χ0n) is 49.6. The molecule has 0 unspecified atom stereocenters. The second-order valence-electron chi connectivity index (χ2n) is 17.4. The molecule has 354 valence electrons. The van der Waals surface area contributed by atoms with E-state index in [0.717, 1.165) is 0 Å². The number of nitriles is 2.